The van der Waals surface area contributed by atoms with Gasteiger partial charge < -0.3 is 18.3 Å². The summed E-state index contributed by atoms with van der Waals surface area (Å²) in [5, 5.41) is 9.36. The molecule has 0 saturated heterocycles. The quantitative estimate of drug-likeness (QED) is 0.129. The number of fused-ring (bicyclic) bond motifs is 12. The maximum atomic E-state index is 5.81. The SMILES string of the molecule is c1ccc(-c2cc(-c3cccc(-n4c5ccccc5c5cc(-c6cccc(-c7nc(-c8ccccc8)cc(-c8c(-n9c%10ccccc%10c%10ccccc%109)cccc8-n8c9ccccc9c9ccccc98)n7)c6)ccc54)c3-n3c4ccccc4c4ccccc43)nc(-c3ccccc3)n2)cc1. The summed E-state index contributed by atoms with van der Waals surface area (Å²) in [6.07, 6.45) is 0. The first kappa shape index (κ1) is 56.8. The smallest absolute Gasteiger partial charge is 0.160 e. The van der Waals surface area contributed by atoms with Crippen molar-refractivity contribution in [3.05, 3.63) is 352 Å². The number of hydrogen-bond acceptors (Lipinski definition) is 4. The number of aromatic nitrogens is 8. The molecular weight excluding hydrogens is 1220 g/mol. The van der Waals surface area contributed by atoms with Crippen molar-refractivity contribution in [2.75, 3.05) is 0 Å². The Morgan fingerprint density at radius 3 is 0.990 bits per heavy atom. The number of para-hydroxylation sites is 8. The van der Waals surface area contributed by atoms with Gasteiger partial charge in [0, 0.05) is 76.5 Å². The number of rotatable bonds is 11. The highest BCUT2D eigenvalue weighted by Gasteiger charge is 2.27. The second-order valence-electron chi connectivity index (χ2n) is 25.6. The fourth-order valence-corrected chi connectivity index (χ4v) is 15.6. The first-order chi connectivity index (χ1) is 49.6. The van der Waals surface area contributed by atoms with E-state index in [9.17, 15) is 0 Å². The lowest BCUT2D eigenvalue weighted by molar-refractivity contribution is 1.09. The summed E-state index contributed by atoms with van der Waals surface area (Å²) in [6.45, 7) is 0. The van der Waals surface area contributed by atoms with E-state index < -0.39 is 0 Å². The molecule has 8 nitrogen and oxygen atoms in total. The van der Waals surface area contributed by atoms with Gasteiger partial charge in [-0.1, -0.05) is 261 Å². The maximum Gasteiger partial charge on any atom is 0.160 e. The molecule has 0 bridgehead atoms. The third kappa shape index (κ3) is 9.08. The molecule has 0 radical (unpaired) electrons. The Kier molecular flexibility index (Phi) is 13.1. The van der Waals surface area contributed by atoms with Crippen LogP contribution in [0.1, 0.15) is 0 Å². The van der Waals surface area contributed by atoms with Crippen molar-refractivity contribution in [3.63, 3.8) is 0 Å². The van der Waals surface area contributed by atoms with Gasteiger partial charge in [-0.3, -0.25) is 0 Å². The summed E-state index contributed by atoms with van der Waals surface area (Å²) in [7, 11) is 0. The van der Waals surface area contributed by atoms with Gasteiger partial charge in [0.05, 0.1) is 89.7 Å². The monoisotopic (exact) mass is 1270 g/mol. The van der Waals surface area contributed by atoms with E-state index in [1.165, 1.54) is 32.3 Å². The van der Waals surface area contributed by atoms with E-state index in [2.05, 4.69) is 358 Å². The van der Waals surface area contributed by atoms with E-state index in [1.807, 2.05) is 12.1 Å². The number of hydrogen-bond donors (Lipinski definition) is 0. The van der Waals surface area contributed by atoms with Gasteiger partial charge >= 0.3 is 0 Å². The Morgan fingerprint density at radius 2 is 0.500 bits per heavy atom. The van der Waals surface area contributed by atoms with E-state index in [0.717, 1.165) is 145 Å². The fraction of sp³-hybridized carbons (Fsp3) is 0. The van der Waals surface area contributed by atoms with Gasteiger partial charge in [0.2, 0.25) is 0 Å². The van der Waals surface area contributed by atoms with Crippen LogP contribution >= 0.6 is 0 Å². The third-order valence-electron chi connectivity index (χ3n) is 20.0. The van der Waals surface area contributed by atoms with Gasteiger partial charge in [0.25, 0.3) is 0 Å². The van der Waals surface area contributed by atoms with Crippen LogP contribution in [0.4, 0.5) is 0 Å². The van der Waals surface area contributed by atoms with Crippen molar-refractivity contribution in [2.45, 2.75) is 0 Å². The molecule has 0 aliphatic carbocycles. The summed E-state index contributed by atoms with van der Waals surface area (Å²) in [5.74, 6) is 1.28. The highest BCUT2D eigenvalue weighted by Crippen LogP contribution is 2.46. The molecule has 0 N–H and O–H groups in total. The molecule has 0 aliphatic heterocycles. The van der Waals surface area contributed by atoms with Crippen molar-refractivity contribution < 1.29 is 0 Å². The minimum Gasteiger partial charge on any atom is -0.308 e. The maximum absolute atomic E-state index is 5.81. The fourth-order valence-electron chi connectivity index (χ4n) is 15.6. The predicted molar refractivity (Wildman–Crippen MR) is 413 cm³/mol. The van der Waals surface area contributed by atoms with Crippen LogP contribution in [-0.4, -0.2) is 38.2 Å². The molecule has 6 aromatic heterocycles. The number of nitrogens with zero attached hydrogens (tertiary/aromatic N) is 8. The standard InChI is InChI=1S/C92H58N8/c1-4-27-59(28-5-1)74-57-76(95-91(93-74)61-31-8-3-9-32-61)72-42-25-52-88(90(72)100-83-48-22-14-39-69(83)70-40-15-23-49-84(70)100)99-82-47-21-16-41-71(82)73-56-63(53-54-85(73)99)62-33-24-34-64(55-62)92-94-75(60-29-6-2-7-30-60)58-77(96-92)89-86(97-78-43-17-10-35-65(78)66-36-11-18-44-79(66)97)50-26-51-87(89)98-80-45-19-12-37-67(80)68-38-13-20-46-81(68)98/h1-58H. The molecule has 8 heteroatoms. The molecule has 0 spiro atoms. The molecule has 20 rings (SSSR count). The van der Waals surface area contributed by atoms with Crippen molar-refractivity contribution in [1.82, 2.24) is 38.2 Å². The first-order valence-corrected chi connectivity index (χ1v) is 33.9. The van der Waals surface area contributed by atoms with Crippen LogP contribution in [-0.2, 0) is 0 Å². The van der Waals surface area contributed by atoms with Crippen LogP contribution < -0.4 is 0 Å². The molecule has 6 heterocycles. The Balaban J connectivity index is 0.790. The average molecular weight is 1280 g/mol. The summed E-state index contributed by atoms with van der Waals surface area (Å²) >= 11 is 0. The molecule has 20 aromatic rings. The summed E-state index contributed by atoms with van der Waals surface area (Å²) in [6, 6.07) is 126. The van der Waals surface area contributed by atoms with E-state index in [0.29, 0.717) is 11.6 Å². The molecule has 100 heavy (non-hydrogen) atoms. The van der Waals surface area contributed by atoms with Crippen LogP contribution in [0.3, 0.4) is 0 Å². The van der Waals surface area contributed by atoms with Crippen LogP contribution in [0.2, 0.25) is 0 Å². The second kappa shape index (κ2) is 23.1. The zero-order valence-electron chi connectivity index (χ0n) is 54.1. The molecule has 0 unspecified atom stereocenters. The molecule has 0 fully saturated rings. The predicted octanol–water partition coefficient (Wildman–Crippen LogP) is 23.3. The lowest BCUT2D eigenvalue weighted by Crippen LogP contribution is -2.06. The Labute approximate surface area is 575 Å². The van der Waals surface area contributed by atoms with Crippen molar-refractivity contribution in [1.29, 1.82) is 0 Å². The normalized spacial score (nSPS) is 11.8. The lowest BCUT2D eigenvalue weighted by Gasteiger charge is -2.21. The van der Waals surface area contributed by atoms with Gasteiger partial charge in [-0.05, 0) is 102 Å². The van der Waals surface area contributed by atoms with Crippen LogP contribution in [0, 0.1) is 0 Å². The molecular formula is C92H58N8. The van der Waals surface area contributed by atoms with E-state index in [-0.39, 0.29) is 0 Å². The van der Waals surface area contributed by atoms with Gasteiger partial charge in [-0.2, -0.15) is 0 Å². The largest absolute Gasteiger partial charge is 0.308 e. The minimum absolute atomic E-state index is 0.619. The number of benzene rings is 14. The Bertz CT molecular complexity index is 6300. The summed E-state index contributed by atoms with van der Waals surface area (Å²) in [4.78, 5) is 22.1. The minimum atomic E-state index is 0.619. The van der Waals surface area contributed by atoms with Crippen molar-refractivity contribution in [2.24, 2.45) is 0 Å². The van der Waals surface area contributed by atoms with Crippen LogP contribution in [0.25, 0.3) is 189 Å². The van der Waals surface area contributed by atoms with Gasteiger partial charge in [-0.25, -0.2) is 19.9 Å². The van der Waals surface area contributed by atoms with Crippen molar-refractivity contribution in [3.8, 4) is 102 Å². The average Bonchev–Trinajstić information content (AvgIpc) is 1.55. The van der Waals surface area contributed by atoms with Crippen LogP contribution in [0.5, 0.6) is 0 Å². The molecule has 466 valence electrons. The van der Waals surface area contributed by atoms with Crippen LogP contribution in [0.15, 0.2) is 352 Å². The second-order valence-corrected chi connectivity index (χ2v) is 25.6. The van der Waals surface area contributed by atoms with Gasteiger partial charge in [0.1, 0.15) is 0 Å². The molecule has 0 atom stereocenters. The van der Waals surface area contributed by atoms with Gasteiger partial charge in [0.15, 0.2) is 11.6 Å². The lowest BCUT2D eigenvalue weighted by atomic mass is 9.99. The highest BCUT2D eigenvalue weighted by molar-refractivity contribution is 6.15. The highest BCUT2D eigenvalue weighted by atomic mass is 15.1. The summed E-state index contributed by atoms with van der Waals surface area (Å²) < 4.78 is 9.77. The Morgan fingerprint density at radius 1 is 0.180 bits per heavy atom. The zero-order chi connectivity index (χ0) is 65.8. The first-order valence-electron chi connectivity index (χ1n) is 33.9. The van der Waals surface area contributed by atoms with Gasteiger partial charge in [-0.15, -0.1) is 0 Å². The Hall–Kier alpha value is -13.6. The zero-order valence-corrected chi connectivity index (χ0v) is 54.1. The van der Waals surface area contributed by atoms with E-state index in [1.54, 1.807) is 0 Å². The van der Waals surface area contributed by atoms with E-state index in [4.69, 9.17) is 19.9 Å². The topological polar surface area (TPSA) is 71.3 Å². The molecule has 0 aliphatic rings. The third-order valence-corrected chi connectivity index (χ3v) is 20.0. The molecule has 0 amide bonds. The molecule has 0 saturated carbocycles. The summed E-state index contributed by atoms with van der Waals surface area (Å²) in [5.41, 5.74) is 24.1. The van der Waals surface area contributed by atoms with E-state index >= 15 is 0 Å². The van der Waals surface area contributed by atoms with Crippen molar-refractivity contribution >= 4 is 87.2 Å². The molecule has 14 aromatic carbocycles.